The third-order valence-electron chi connectivity index (χ3n) is 5.86. The monoisotopic (exact) mass is 372 g/mol. The second-order valence-corrected chi connectivity index (χ2v) is 8.32. The Labute approximate surface area is 162 Å². The van der Waals surface area contributed by atoms with E-state index in [1.165, 1.54) is 5.56 Å². The second kappa shape index (κ2) is 8.87. The molecular formula is C22H32N2O3. The smallest absolute Gasteiger partial charge is 0.248 e. The van der Waals surface area contributed by atoms with Crippen molar-refractivity contribution in [2.24, 2.45) is 5.41 Å². The number of amides is 2. The Morgan fingerprint density at radius 2 is 1.89 bits per heavy atom. The van der Waals surface area contributed by atoms with Crippen LogP contribution in [0.2, 0.25) is 0 Å². The summed E-state index contributed by atoms with van der Waals surface area (Å²) in [5.74, 6) is 0.355. The maximum atomic E-state index is 12.5. The minimum atomic E-state index is 0.0690. The molecule has 1 aromatic rings. The number of nitrogens with zero attached hydrogens (tertiary/aromatic N) is 2. The molecule has 3 rings (SSSR count). The van der Waals surface area contributed by atoms with E-state index in [1.807, 2.05) is 29.7 Å². The highest BCUT2D eigenvalue weighted by atomic mass is 16.5. The van der Waals surface area contributed by atoms with Crippen LogP contribution >= 0.6 is 0 Å². The van der Waals surface area contributed by atoms with Gasteiger partial charge in [0.1, 0.15) is 6.61 Å². The van der Waals surface area contributed by atoms with E-state index in [4.69, 9.17) is 4.74 Å². The number of carbonyl (C=O) groups is 2. The van der Waals surface area contributed by atoms with Crippen LogP contribution in [0.25, 0.3) is 0 Å². The largest absolute Gasteiger partial charge is 0.369 e. The topological polar surface area (TPSA) is 49.9 Å². The van der Waals surface area contributed by atoms with E-state index in [0.717, 1.165) is 51.9 Å². The van der Waals surface area contributed by atoms with Crippen LogP contribution in [0, 0.1) is 5.41 Å². The first-order chi connectivity index (χ1) is 13.0. The third-order valence-corrected chi connectivity index (χ3v) is 5.86. The summed E-state index contributed by atoms with van der Waals surface area (Å²) in [7, 11) is 0. The van der Waals surface area contributed by atoms with Gasteiger partial charge in [-0.2, -0.15) is 0 Å². The Morgan fingerprint density at radius 1 is 1.19 bits per heavy atom. The van der Waals surface area contributed by atoms with E-state index in [-0.39, 0.29) is 29.9 Å². The Balaban J connectivity index is 1.44. The fourth-order valence-corrected chi connectivity index (χ4v) is 4.20. The van der Waals surface area contributed by atoms with Crippen molar-refractivity contribution in [1.29, 1.82) is 0 Å². The summed E-state index contributed by atoms with van der Waals surface area (Å²) in [6.07, 6.45) is 4.56. The fraction of sp³-hybridized carbons (Fsp3) is 0.636. The van der Waals surface area contributed by atoms with Crippen LogP contribution in [0.3, 0.4) is 0 Å². The number of aryl methyl sites for hydroxylation is 1. The molecule has 2 amide bonds. The van der Waals surface area contributed by atoms with Gasteiger partial charge in [-0.15, -0.1) is 0 Å². The summed E-state index contributed by atoms with van der Waals surface area (Å²) >= 11 is 0. The number of hydrogen-bond donors (Lipinski definition) is 0. The molecule has 2 heterocycles. The predicted molar refractivity (Wildman–Crippen MR) is 105 cm³/mol. The van der Waals surface area contributed by atoms with Crippen molar-refractivity contribution in [2.45, 2.75) is 52.1 Å². The Bertz CT molecular complexity index is 636. The van der Waals surface area contributed by atoms with Gasteiger partial charge in [-0.1, -0.05) is 30.3 Å². The molecule has 0 radical (unpaired) electrons. The summed E-state index contributed by atoms with van der Waals surface area (Å²) in [4.78, 5) is 28.7. The molecule has 2 aliphatic heterocycles. The zero-order chi connectivity index (χ0) is 19.3. The van der Waals surface area contributed by atoms with Gasteiger partial charge in [0.25, 0.3) is 0 Å². The lowest BCUT2D eigenvalue weighted by Crippen LogP contribution is -2.45. The van der Waals surface area contributed by atoms with E-state index >= 15 is 0 Å². The maximum absolute atomic E-state index is 12.5. The van der Waals surface area contributed by atoms with E-state index in [2.05, 4.69) is 24.3 Å². The number of carbonyl (C=O) groups excluding carboxylic acids is 2. The molecular weight excluding hydrogens is 340 g/mol. The summed E-state index contributed by atoms with van der Waals surface area (Å²) in [6.45, 7) is 7.21. The van der Waals surface area contributed by atoms with Gasteiger partial charge in [-0.05, 0) is 45.1 Å². The number of hydrogen-bond acceptors (Lipinski definition) is 3. The average molecular weight is 373 g/mol. The molecule has 5 nitrogen and oxygen atoms in total. The summed E-state index contributed by atoms with van der Waals surface area (Å²) in [6, 6.07) is 10.4. The van der Waals surface area contributed by atoms with Gasteiger partial charge < -0.3 is 14.5 Å². The number of rotatable bonds is 7. The van der Waals surface area contributed by atoms with Crippen LogP contribution in [0.1, 0.15) is 45.1 Å². The second-order valence-electron chi connectivity index (χ2n) is 8.32. The highest BCUT2D eigenvalue weighted by Crippen LogP contribution is 2.41. The zero-order valence-corrected chi connectivity index (χ0v) is 16.7. The lowest BCUT2D eigenvalue weighted by atomic mass is 9.77. The zero-order valence-electron chi connectivity index (χ0n) is 16.7. The van der Waals surface area contributed by atoms with Gasteiger partial charge in [0.15, 0.2) is 0 Å². The molecule has 2 aliphatic rings. The van der Waals surface area contributed by atoms with Gasteiger partial charge in [0.2, 0.25) is 11.8 Å². The molecule has 0 N–H and O–H groups in total. The first kappa shape index (κ1) is 19.9. The molecule has 5 heteroatoms. The van der Waals surface area contributed by atoms with Gasteiger partial charge in [-0.25, -0.2) is 0 Å². The van der Waals surface area contributed by atoms with E-state index in [0.29, 0.717) is 6.42 Å². The molecule has 0 bridgehead atoms. The molecule has 1 spiro atoms. The van der Waals surface area contributed by atoms with Gasteiger partial charge >= 0.3 is 0 Å². The fourth-order valence-electron chi connectivity index (χ4n) is 4.20. The molecule has 148 valence electrons. The molecule has 27 heavy (non-hydrogen) atoms. The Hall–Kier alpha value is -1.88. The normalized spacial score (nSPS) is 19.3. The van der Waals surface area contributed by atoms with E-state index in [1.54, 1.807) is 0 Å². The highest BCUT2D eigenvalue weighted by Gasteiger charge is 2.45. The highest BCUT2D eigenvalue weighted by molar-refractivity contribution is 5.80. The maximum Gasteiger partial charge on any atom is 0.248 e. The molecule has 1 aromatic carbocycles. The minimum absolute atomic E-state index is 0.0690. The molecule has 0 atom stereocenters. The number of likely N-dealkylation sites (tertiary alicyclic amines) is 2. The van der Waals surface area contributed by atoms with Crippen LogP contribution in [-0.4, -0.2) is 60.5 Å². The quantitative estimate of drug-likeness (QED) is 0.739. The predicted octanol–water partition coefficient (Wildman–Crippen LogP) is 2.89. The number of ether oxygens (including phenoxy) is 1. The molecule has 2 saturated heterocycles. The van der Waals surface area contributed by atoms with Crippen molar-refractivity contribution in [1.82, 2.24) is 9.80 Å². The number of benzene rings is 1. The number of piperidine rings is 1. The van der Waals surface area contributed by atoms with Crippen LogP contribution < -0.4 is 0 Å². The van der Waals surface area contributed by atoms with E-state index < -0.39 is 0 Å². The van der Waals surface area contributed by atoms with E-state index in [9.17, 15) is 9.59 Å². The first-order valence-electron chi connectivity index (χ1n) is 10.2. The Kier molecular flexibility index (Phi) is 6.53. The lowest BCUT2D eigenvalue weighted by molar-refractivity contribution is -0.139. The van der Waals surface area contributed by atoms with Crippen LogP contribution in [0.4, 0.5) is 0 Å². The standard InChI is InChI=1S/C22H32N2O3/c1-18(2)27-16-21(26)23-13-10-22(11-14-23)15-20(25)24(17-22)12-6-9-19-7-4-3-5-8-19/h3-5,7-8,18H,6,9-17H2,1-2H3. The van der Waals surface area contributed by atoms with Crippen molar-refractivity contribution < 1.29 is 14.3 Å². The van der Waals surface area contributed by atoms with Crippen molar-refractivity contribution >= 4 is 11.8 Å². The summed E-state index contributed by atoms with van der Waals surface area (Å²) in [5, 5.41) is 0. The van der Waals surface area contributed by atoms with Crippen LogP contribution in [0.5, 0.6) is 0 Å². The molecule has 0 aliphatic carbocycles. The molecule has 0 aromatic heterocycles. The first-order valence-corrected chi connectivity index (χ1v) is 10.2. The molecule has 2 fully saturated rings. The van der Waals surface area contributed by atoms with Crippen molar-refractivity contribution in [3.05, 3.63) is 35.9 Å². The molecule has 0 saturated carbocycles. The molecule has 0 unspecified atom stereocenters. The van der Waals surface area contributed by atoms with Crippen LogP contribution in [-0.2, 0) is 20.7 Å². The van der Waals surface area contributed by atoms with Crippen LogP contribution in [0.15, 0.2) is 30.3 Å². The average Bonchev–Trinajstić information content (AvgIpc) is 2.96. The van der Waals surface area contributed by atoms with Crippen molar-refractivity contribution in [2.75, 3.05) is 32.8 Å². The summed E-state index contributed by atoms with van der Waals surface area (Å²) < 4.78 is 5.44. The lowest BCUT2D eigenvalue weighted by Gasteiger charge is -2.38. The summed E-state index contributed by atoms with van der Waals surface area (Å²) in [5.41, 5.74) is 1.40. The SMILES string of the molecule is CC(C)OCC(=O)N1CCC2(CC1)CC(=O)N(CCCc1ccccc1)C2. The van der Waals surface area contributed by atoms with Gasteiger partial charge in [-0.3, -0.25) is 9.59 Å². The van der Waals surface area contributed by atoms with Gasteiger partial charge in [0.05, 0.1) is 6.10 Å². The van der Waals surface area contributed by atoms with Gasteiger partial charge in [0, 0.05) is 38.0 Å². The Morgan fingerprint density at radius 3 is 2.56 bits per heavy atom. The van der Waals surface area contributed by atoms with Crippen molar-refractivity contribution in [3.8, 4) is 0 Å². The van der Waals surface area contributed by atoms with Crippen molar-refractivity contribution in [3.63, 3.8) is 0 Å². The minimum Gasteiger partial charge on any atom is -0.369 e. The third kappa shape index (κ3) is 5.32.